The minimum absolute atomic E-state index is 0.101. The number of benzene rings is 1. The molecule has 11 heteroatoms. The van der Waals surface area contributed by atoms with Crippen LogP contribution >= 0.6 is 0 Å². The van der Waals surface area contributed by atoms with Crippen LogP contribution in [0.2, 0.25) is 0 Å². The highest BCUT2D eigenvalue weighted by molar-refractivity contribution is 6.22. The molecule has 0 saturated carbocycles. The van der Waals surface area contributed by atoms with Gasteiger partial charge in [0.2, 0.25) is 11.8 Å². The smallest absolute Gasteiger partial charge is 0.271 e. The molecule has 0 unspecified atom stereocenters. The van der Waals surface area contributed by atoms with Crippen molar-refractivity contribution < 1.29 is 39.0 Å². The van der Waals surface area contributed by atoms with E-state index in [1.54, 1.807) is 12.1 Å². The standard InChI is InChI=1S/C28H32N2O9/c1-16(10-20-7-8-21(13-31)39-20)6-9-24(33)25-17(15-38-2)11-22-26(23(25)14-32)28(35)29(27(22)34)18-4-3-5-19(12-18)30(36)37/h3-5,7-8,10,12,22-24,26,31-33H,6,9,11,13-15H2,1-2H3/b16-10+/t22-,23+,24-,26-/m1/s1. The van der Waals surface area contributed by atoms with E-state index in [0.717, 1.165) is 10.5 Å². The summed E-state index contributed by atoms with van der Waals surface area (Å²) in [5, 5.41) is 42.1. The SMILES string of the molecule is COCC1=C([C@H](O)CC/C(C)=C/c2ccc(CO)o2)[C@H](CO)[C@@H]2C(=O)N(c3cccc([N+](=O)[O-])c3)C(=O)[C@@H]2C1. The van der Waals surface area contributed by atoms with Gasteiger partial charge in [0.25, 0.3) is 5.69 Å². The molecule has 2 heterocycles. The molecule has 4 atom stereocenters. The van der Waals surface area contributed by atoms with E-state index in [-0.39, 0.29) is 31.0 Å². The monoisotopic (exact) mass is 540 g/mol. The largest absolute Gasteiger partial charge is 0.459 e. The zero-order valence-corrected chi connectivity index (χ0v) is 21.8. The molecular weight excluding hydrogens is 508 g/mol. The summed E-state index contributed by atoms with van der Waals surface area (Å²) < 4.78 is 10.8. The molecule has 3 N–H and O–H groups in total. The Bertz CT molecular complexity index is 1310. The summed E-state index contributed by atoms with van der Waals surface area (Å²) in [7, 11) is 1.49. The molecule has 1 aliphatic heterocycles. The number of rotatable bonds is 11. The van der Waals surface area contributed by atoms with Gasteiger partial charge in [0.1, 0.15) is 18.1 Å². The maximum Gasteiger partial charge on any atom is 0.271 e. The van der Waals surface area contributed by atoms with Crippen LogP contribution in [-0.2, 0) is 20.9 Å². The first-order valence-electron chi connectivity index (χ1n) is 12.7. The number of ether oxygens (including phenoxy) is 1. The van der Waals surface area contributed by atoms with Crippen molar-refractivity contribution in [2.24, 2.45) is 17.8 Å². The Labute approximate surface area is 225 Å². The molecule has 0 bridgehead atoms. The van der Waals surface area contributed by atoms with E-state index >= 15 is 0 Å². The van der Waals surface area contributed by atoms with Crippen molar-refractivity contribution in [2.75, 3.05) is 25.2 Å². The first-order chi connectivity index (χ1) is 18.7. The summed E-state index contributed by atoms with van der Waals surface area (Å²) in [4.78, 5) is 38.6. The van der Waals surface area contributed by atoms with Gasteiger partial charge in [-0.15, -0.1) is 0 Å². The summed E-state index contributed by atoms with van der Waals surface area (Å²) in [5.41, 5.74) is 1.92. The molecule has 1 saturated heterocycles. The number of fused-ring (bicyclic) bond motifs is 1. The Morgan fingerprint density at radius 3 is 2.67 bits per heavy atom. The van der Waals surface area contributed by atoms with Crippen LogP contribution in [0.25, 0.3) is 6.08 Å². The third-order valence-electron chi connectivity index (χ3n) is 7.40. The molecule has 208 valence electrons. The van der Waals surface area contributed by atoms with Crippen LogP contribution in [0.1, 0.15) is 37.7 Å². The Morgan fingerprint density at radius 1 is 1.26 bits per heavy atom. The van der Waals surface area contributed by atoms with Crippen molar-refractivity contribution in [3.05, 3.63) is 74.8 Å². The number of nitrogens with zero attached hydrogens (tertiary/aromatic N) is 2. The summed E-state index contributed by atoms with van der Waals surface area (Å²) in [6, 6.07) is 8.74. The average molecular weight is 541 g/mol. The second-order valence-electron chi connectivity index (χ2n) is 9.91. The molecule has 1 aromatic carbocycles. The summed E-state index contributed by atoms with van der Waals surface area (Å²) in [5.74, 6) is -2.54. The van der Waals surface area contributed by atoms with E-state index in [4.69, 9.17) is 9.15 Å². The number of aliphatic hydroxyl groups is 3. The predicted molar refractivity (Wildman–Crippen MR) is 140 cm³/mol. The van der Waals surface area contributed by atoms with Crippen molar-refractivity contribution >= 4 is 29.3 Å². The molecule has 2 amide bonds. The number of aliphatic hydroxyl groups excluding tert-OH is 3. The number of nitro groups is 1. The first kappa shape index (κ1) is 28.4. The fourth-order valence-corrected chi connectivity index (χ4v) is 5.66. The number of methoxy groups -OCH3 is 1. The van der Waals surface area contributed by atoms with Crippen molar-refractivity contribution in [2.45, 2.75) is 38.9 Å². The molecule has 0 spiro atoms. The van der Waals surface area contributed by atoms with Gasteiger partial charge >= 0.3 is 0 Å². The van der Waals surface area contributed by atoms with Gasteiger partial charge in [-0.1, -0.05) is 11.6 Å². The summed E-state index contributed by atoms with van der Waals surface area (Å²) in [6.07, 6.45) is 1.76. The van der Waals surface area contributed by atoms with Gasteiger partial charge in [-0.05, 0) is 61.6 Å². The van der Waals surface area contributed by atoms with Crippen LogP contribution in [0, 0.1) is 27.9 Å². The Balaban J connectivity index is 1.59. The minimum atomic E-state index is -1.00. The number of anilines is 1. The molecule has 1 fully saturated rings. The number of non-ortho nitro benzene ring substituents is 1. The van der Waals surface area contributed by atoms with Gasteiger partial charge in [-0.25, -0.2) is 4.90 Å². The van der Waals surface area contributed by atoms with Gasteiger partial charge in [0.05, 0.1) is 41.8 Å². The zero-order chi connectivity index (χ0) is 28.3. The highest BCUT2D eigenvalue weighted by atomic mass is 16.6. The number of hydrogen-bond acceptors (Lipinski definition) is 9. The predicted octanol–water partition coefficient (Wildman–Crippen LogP) is 2.99. The molecule has 2 aliphatic rings. The van der Waals surface area contributed by atoms with E-state index in [9.17, 15) is 35.0 Å². The van der Waals surface area contributed by atoms with Gasteiger partial charge in [-0.2, -0.15) is 0 Å². The third kappa shape index (κ3) is 5.71. The number of amides is 2. The van der Waals surface area contributed by atoms with Crippen LogP contribution in [-0.4, -0.2) is 58.5 Å². The molecule has 1 aromatic heterocycles. The van der Waals surface area contributed by atoms with E-state index in [1.165, 1.54) is 31.4 Å². The maximum atomic E-state index is 13.6. The van der Waals surface area contributed by atoms with Gasteiger partial charge < -0.3 is 24.5 Å². The molecule has 39 heavy (non-hydrogen) atoms. The molecule has 2 aromatic rings. The molecule has 0 radical (unpaired) electrons. The van der Waals surface area contributed by atoms with Crippen molar-refractivity contribution in [3.8, 4) is 0 Å². The lowest BCUT2D eigenvalue weighted by molar-refractivity contribution is -0.384. The highest BCUT2D eigenvalue weighted by Crippen LogP contribution is 2.47. The lowest BCUT2D eigenvalue weighted by atomic mass is 9.68. The van der Waals surface area contributed by atoms with Crippen LogP contribution in [0.5, 0.6) is 0 Å². The molecule has 11 nitrogen and oxygen atoms in total. The van der Waals surface area contributed by atoms with Crippen molar-refractivity contribution in [3.63, 3.8) is 0 Å². The van der Waals surface area contributed by atoms with E-state index in [1.807, 2.05) is 13.0 Å². The quantitative estimate of drug-likeness (QED) is 0.168. The Hall–Kier alpha value is -3.64. The topological polar surface area (TPSA) is 164 Å². The average Bonchev–Trinajstić information content (AvgIpc) is 3.48. The van der Waals surface area contributed by atoms with E-state index < -0.39 is 47.2 Å². The number of carbonyl (C=O) groups excluding carboxylic acids is 2. The number of nitro benzene ring substituents is 1. The second kappa shape index (κ2) is 12.0. The molecular formula is C28H32N2O9. The zero-order valence-electron chi connectivity index (χ0n) is 21.8. The number of allylic oxidation sites excluding steroid dienone is 1. The second-order valence-corrected chi connectivity index (χ2v) is 9.91. The number of imide groups is 1. The fraction of sp³-hybridized carbons (Fsp3) is 0.429. The number of furan rings is 1. The Kier molecular flexibility index (Phi) is 8.76. The van der Waals surface area contributed by atoms with Crippen LogP contribution in [0.3, 0.4) is 0 Å². The first-order valence-corrected chi connectivity index (χ1v) is 12.7. The van der Waals surface area contributed by atoms with Crippen LogP contribution in [0.15, 0.2) is 57.5 Å². The van der Waals surface area contributed by atoms with E-state index in [2.05, 4.69) is 0 Å². The lowest BCUT2D eigenvalue weighted by Crippen LogP contribution is -2.39. The minimum Gasteiger partial charge on any atom is -0.459 e. The highest BCUT2D eigenvalue weighted by Gasteiger charge is 2.55. The Morgan fingerprint density at radius 2 is 2.03 bits per heavy atom. The van der Waals surface area contributed by atoms with Crippen molar-refractivity contribution in [1.82, 2.24) is 0 Å². The number of hydrogen-bond donors (Lipinski definition) is 3. The fourth-order valence-electron chi connectivity index (χ4n) is 5.66. The van der Waals surface area contributed by atoms with Crippen LogP contribution in [0.4, 0.5) is 11.4 Å². The van der Waals surface area contributed by atoms with Gasteiger partial charge in [0.15, 0.2) is 0 Å². The van der Waals surface area contributed by atoms with Crippen LogP contribution < -0.4 is 4.90 Å². The van der Waals surface area contributed by atoms with Gasteiger partial charge in [-0.3, -0.25) is 19.7 Å². The van der Waals surface area contributed by atoms with Gasteiger partial charge in [0, 0.05) is 25.2 Å². The molecule has 4 rings (SSSR count). The normalized spacial score (nSPS) is 22.4. The lowest BCUT2D eigenvalue weighted by Gasteiger charge is -2.36. The third-order valence-corrected chi connectivity index (χ3v) is 7.40. The number of carbonyl (C=O) groups is 2. The van der Waals surface area contributed by atoms with Crippen molar-refractivity contribution in [1.29, 1.82) is 0 Å². The summed E-state index contributed by atoms with van der Waals surface area (Å²) >= 11 is 0. The summed E-state index contributed by atoms with van der Waals surface area (Å²) in [6.45, 7) is 1.34. The maximum absolute atomic E-state index is 13.6. The van der Waals surface area contributed by atoms with E-state index in [0.29, 0.717) is 35.5 Å². The molecule has 1 aliphatic carbocycles.